The quantitative estimate of drug-likeness (QED) is 0.623. The highest BCUT2D eigenvalue weighted by Gasteiger charge is 2.29. The van der Waals surface area contributed by atoms with Gasteiger partial charge in [0.2, 0.25) is 0 Å². The number of aromatic nitrogens is 5. The largest absolute Gasteiger partial charge is 0.344 e. The van der Waals surface area contributed by atoms with Gasteiger partial charge >= 0.3 is 0 Å². The fraction of sp³-hybridized carbons (Fsp3) is 0.545. The average molecular weight is 395 g/mol. The van der Waals surface area contributed by atoms with Crippen molar-refractivity contribution < 1.29 is 4.79 Å². The minimum atomic E-state index is -0.131. The van der Waals surface area contributed by atoms with Gasteiger partial charge in [-0.15, -0.1) is 0 Å². The highest BCUT2D eigenvalue weighted by Crippen LogP contribution is 2.40. The van der Waals surface area contributed by atoms with E-state index in [-0.39, 0.29) is 11.9 Å². The highest BCUT2D eigenvalue weighted by atomic mass is 16.1. The Labute approximate surface area is 171 Å². The maximum absolute atomic E-state index is 13.3. The van der Waals surface area contributed by atoms with Crippen molar-refractivity contribution in [3.05, 3.63) is 41.0 Å². The first kappa shape index (κ1) is 19.6. The van der Waals surface area contributed by atoms with Crippen LogP contribution < -0.4 is 5.32 Å². The summed E-state index contributed by atoms with van der Waals surface area (Å²) >= 11 is 0. The van der Waals surface area contributed by atoms with Crippen molar-refractivity contribution in [2.24, 2.45) is 0 Å². The molecule has 3 aromatic rings. The van der Waals surface area contributed by atoms with Crippen LogP contribution in [0.15, 0.2) is 18.3 Å². The number of hydrogen-bond acceptors (Lipinski definition) is 4. The van der Waals surface area contributed by atoms with Crippen LogP contribution in [0.5, 0.6) is 0 Å². The molecule has 154 valence electrons. The maximum atomic E-state index is 13.3. The number of hydrogen-bond donors (Lipinski definition) is 1. The molecule has 7 heteroatoms. The van der Waals surface area contributed by atoms with Gasteiger partial charge in [-0.1, -0.05) is 13.3 Å². The predicted octanol–water partition coefficient (Wildman–Crippen LogP) is 4.12. The van der Waals surface area contributed by atoms with Crippen LogP contribution in [-0.2, 0) is 13.1 Å². The summed E-state index contributed by atoms with van der Waals surface area (Å²) in [5.74, 6) is 0.397. The molecule has 1 aliphatic rings. The number of nitrogens with one attached hydrogen (secondary N) is 1. The Kier molecular flexibility index (Phi) is 5.39. The molecule has 1 aliphatic carbocycles. The van der Waals surface area contributed by atoms with E-state index in [0.29, 0.717) is 11.5 Å². The molecule has 1 saturated carbocycles. The second-order valence-corrected chi connectivity index (χ2v) is 8.00. The smallest absolute Gasteiger partial charge is 0.252 e. The third-order valence-corrected chi connectivity index (χ3v) is 5.70. The molecule has 0 radical (unpaired) electrons. The summed E-state index contributed by atoms with van der Waals surface area (Å²) in [4.78, 5) is 18.2. The Morgan fingerprint density at radius 3 is 2.79 bits per heavy atom. The van der Waals surface area contributed by atoms with Crippen LogP contribution in [0.25, 0.3) is 11.0 Å². The zero-order valence-corrected chi connectivity index (χ0v) is 17.8. The number of pyridine rings is 1. The zero-order valence-electron chi connectivity index (χ0n) is 17.8. The average Bonchev–Trinajstić information content (AvgIpc) is 3.37. The van der Waals surface area contributed by atoms with E-state index >= 15 is 0 Å². The summed E-state index contributed by atoms with van der Waals surface area (Å²) in [6.07, 6.45) is 6.21. The fourth-order valence-corrected chi connectivity index (χ4v) is 3.93. The first-order valence-electron chi connectivity index (χ1n) is 10.7. The van der Waals surface area contributed by atoms with Crippen LogP contribution in [0.3, 0.4) is 0 Å². The van der Waals surface area contributed by atoms with Crippen molar-refractivity contribution in [2.45, 2.75) is 78.4 Å². The van der Waals surface area contributed by atoms with E-state index in [9.17, 15) is 4.79 Å². The van der Waals surface area contributed by atoms with Crippen molar-refractivity contribution in [3.63, 3.8) is 0 Å². The summed E-state index contributed by atoms with van der Waals surface area (Å²) in [7, 11) is 0. The number of unbranched alkanes of at least 4 members (excludes halogenated alkanes) is 1. The van der Waals surface area contributed by atoms with E-state index in [1.54, 1.807) is 6.20 Å². The Morgan fingerprint density at radius 1 is 1.31 bits per heavy atom. The predicted molar refractivity (Wildman–Crippen MR) is 113 cm³/mol. The molecule has 1 atom stereocenters. The van der Waals surface area contributed by atoms with Gasteiger partial charge in [-0.3, -0.25) is 9.48 Å². The lowest BCUT2D eigenvalue weighted by atomic mass is 10.1. The molecular formula is C22H30N6O. The van der Waals surface area contributed by atoms with Crippen LogP contribution >= 0.6 is 0 Å². The van der Waals surface area contributed by atoms with Crippen LogP contribution in [0.1, 0.15) is 85.9 Å². The summed E-state index contributed by atoms with van der Waals surface area (Å²) in [6, 6.07) is 3.81. The van der Waals surface area contributed by atoms with Crippen LogP contribution in [0, 0.1) is 6.92 Å². The van der Waals surface area contributed by atoms with Gasteiger partial charge in [-0.2, -0.15) is 10.2 Å². The topological polar surface area (TPSA) is 77.6 Å². The molecule has 0 saturated heterocycles. The van der Waals surface area contributed by atoms with Gasteiger partial charge in [0, 0.05) is 30.9 Å². The Hall–Kier alpha value is -2.70. The monoisotopic (exact) mass is 394 g/mol. The summed E-state index contributed by atoms with van der Waals surface area (Å²) in [6.45, 7) is 9.79. The van der Waals surface area contributed by atoms with E-state index in [1.165, 1.54) is 0 Å². The lowest BCUT2D eigenvalue weighted by Gasteiger charge is -2.16. The Morgan fingerprint density at radius 2 is 2.10 bits per heavy atom. The molecule has 0 aromatic carbocycles. The molecule has 0 bridgehead atoms. The molecule has 0 spiro atoms. The van der Waals surface area contributed by atoms with Crippen molar-refractivity contribution >= 4 is 16.9 Å². The number of nitrogens with zero attached hydrogens (tertiary/aromatic N) is 5. The first-order valence-corrected chi connectivity index (χ1v) is 10.7. The fourth-order valence-electron chi connectivity index (χ4n) is 3.93. The van der Waals surface area contributed by atoms with E-state index in [1.807, 2.05) is 42.3 Å². The lowest BCUT2D eigenvalue weighted by Crippen LogP contribution is -2.28. The van der Waals surface area contributed by atoms with Crippen molar-refractivity contribution in [1.82, 2.24) is 29.9 Å². The third-order valence-electron chi connectivity index (χ3n) is 5.70. The standard InChI is InChI=1S/C22H30N6O/c1-5-7-12-28-21-20(15(4)26-28)17(13-18(25-21)16-8-9-16)22(29)24-14(3)19-10-11-23-27(19)6-2/h10-11,13-14,16H,5-9,12H2,1-4H3,(H,24,29). The lowest BCUT2D eigenvalue weighted by molar-refractivity contribution is 0.0939. The highest BCUT2D eigenvalue weighted by molar-refractivity contribution is 6.06. The number of carbonyl (C=O) groups excluding carboxylic acids is 1. The molecule has 3 heterocycles. The van der Waals surface area contributed by atoms with Crippen molar-refractivity contribution in [3.8, 4) is 0 Å². The van der Waals surface area contributed by atoms with Crippen LogP contribution in [0.4, 0.5) is 0 Å². The van der Waals surface area contributed by atoms with E-state index in [4.69, 9.17) is 10.1 Å². The van der Waals surface area contributed by atoms with E-state index in [2.05, 4.69) is 17.3 Å². The van der Waals surface area contributed by atoms with Gasteiger partial charge in [0.15, 0.2) is 5.65 Å². The second kappa shape index (κ2) is 7.97. The zero-order chi connectivity index (χ0) is 20.5. The number of carbonyl (C=O) groups is 1. The molecule has 29 heavy (non-hydrogen) atoms. The SMILES string of the molecule is CCCCn1nc(C)c2c(C(=O)NC(C)c3ccnn3CC)cc(C3CC3)nc21. The number of rotatable bonds is 8. The van der Waals surface area contributed by atoms with Gasteiger partial charge in [-0.25, -0.2) is 9.67 Å². The number of aryl methyl sites for hydroxylation is 3. The molecule has 4 rings (SSSR count). The molecular weight excluding hydrogens is 364 g/mol. The van der Waals surface area contributed by atoms with Gasteiger partial charge in [0.05, 0.1) is 28.4 Å². The Bertz CT molecular complexity index is 1030. The molecule has 1 amide bonds. The number of fused-ring (bicyclic) bond motifs is 1. The van der Waals surface area contributed by atoms with Crippen molar-refractivity contribution in [2.75, 3.05) is 0 Å². The normalized spacial score (nSPS) is 15.0. The maximum Gasteiger partial charge on any atom is 0.252 e. The molecule has 3 aromatic heterocycles. The molecule has 1 fully saturated rings. The van der Waals surface area contributed by atoms with E-state index in [0.717, 1.165) is 66.9 Å². The summed E-state index contributed by atoms with van der Waals surface area (Å²) in [5.41, 5.74) is 4.42. The van der Waals surface area contributed by atoms with Crippen molar-refractivity contribution in [1.29, 1.82) is 0 Å². The third kappa shape index (κ3) is 3.78. The van der Waals surface area contributed by atoms with E-state index < -0.39 is 0 Å². The molecule has 1 unspecified atom stereocenters. The molecule has 1 N–H and O–H groups in total. The van der Waals surface area contributed by atoms with Crippen LogP contribution in [-0.4, -0.2) is 30.5 Å². The van der Waals surface area contributed by atoms with Crippen LogP contribution in [0.2, 0.25) is 0 Å². The first-order chi connectivity index (χ1) is 14.0. The minimum Gasteiger partial charge on any atom is -0.344 e. The van der Waals surface area contributed by atoms with Gasteiger partial charge in [0.25, 0.3) is 5.91 Å². The van der Waals surface area contributed by atoms with Gasteiger partial charge < -0.3 is 5.32 Å². The minimum absolute atomic E-state index is 0.0752. The van der Waals surface area contributed by atoms with Gasteiger partial charge in [-0.05, 0) is 52.2 Å². The second-order valence-electron chi connectivity index (χ2n) is 8.00. The summed E-state index contributed by atoms with van der Waals surface area (Å²) < 4.78 is 3.89. The number of amides is 1. The molecule has 7 nitrogen and oxygen atoms in total. The summed E-state index contributed by atoms with van der Waals surface area (Å²) in [5, 5.41) is 13.1. The molecule has 0 aliphatic heterocycles. The van der Waals surface area contributed by atoms with Gasteiger partial charge in [0.1, 0.15) is 0 Å². The Balaban J connectivity index is 1.71.